The lowest BCUT2D eigenvalue weighted by atomic mass is 10.1. The van der Waals surface area contributed by atoms with Crippen molar-refractivity contribution in [2.24, 2.45) is 0 Å². The molecular formula is C18H18Cl2N2O. The molecule has 1 amide bonds. The minimum absolute atomic E-state index is 0.259. The molecule has 0 bridgehead atoms. The number of amides is 1. The van der Waals surface area contributed by atoms with E-state index in [1.54, 1.807) is 18.2 Å². The number of rotatable bonds is 4. The summed E-state index contributed by atoms with van der Waals surface area (Å²) in [4.78, 5) is 14.7. The van der Waals surface area contributed by atoms with Crippen LogP contribution in [0.15, 0.2) is 42.5 Å². The molecule has 1 aliphatic heterocycles. The predicted octanol–water partition coefficient (Wildman–Crippen LogP) is 4.84. The normalized spacial score (nSPS) is 14.9. The van der Waals surface area contributed by atoms with Crippen molar-refractivity contribution in [2.45, 2.75) is 19.4 Å². The van der Waals surface area contributed by atoms with Gasteiger partial charge in [0.15, 0.2) is 0 Å². The van der Waals surface area contributed by atoms with E-state index < -0.39 is 0 Å². The van der Waals surface area contributed by atoms with Crippen molar-refractivity contribution in [2.75, 3.05) is 18.4 Å². The van der Waals surface area contributed by atoms with Crippen molar-refractivity contribution in [1.82, 2.24) is 4.90 Å². The first-order valence-electron chi connectivity index (χ1n) is 7.69. The lowest BCUT2D eigenvalue weighted by Crippen LogP contribution is -2.18. The van der Waals surface area contributed by atoms with Crippen LogP contribution < -0.4 is 5.32 Å². The Hall–Kier alpha value is -1.55. The van der Waals surface area contributed by atoms with Crippen LogP contribution in [0.3, 0.4) is 0 Å². The van der Waals surface area contributed by atoms with Crippen LogP contribution in [0.1, 0.15) is 28.8 Å². The molecule has 3 rings (SSSR count). The van der Waals surface area contributed by atoms with E-state index >= 15 is 0 Å². The van der Waals surface area contributed by atoms with E-state index in [4.69, 9.17) is 23.2 Å². The Balaban J connectivity index is 1.65. The van der Waals surface area contributed by atoms with Gasteiger partial charge in [0.2, 0.25) is 0 Å². The van der Waals surface area contributed by atoms with Crippen LogP contribution in [0.4, 0.5) is 5.69 Å². The van der Waals surface area contributed by atoms with Gasteiger partial charge in [-0.15, -0.1) is 0 Å². The molecule has 1 saturated heterocycles. The van der Waals surface area contributed by atoms with E-state index in [0.29, 0.717) is 15.6 Å². The first-order valence-corrected chi connectivity index (χ1v) is 8.45. The number of benzene rings is 2. The Kier molecular flexibility index (Phi) is 5.21. The van der Waals surface area contributed by atoms with Crippen LogP contribution in [0.5, 0.6) is 0 Å². The van der Waals surface area contributed by atoms with Gasteiger partial charge >= 0.3 is 0 Å². The van der Waals surface area contributed by atoms with Gasteiger partial charge in [-0.05, 0) is 61.8 Å². The lowest BCUT2D eigenvalue weighted by molar-refractivity contribution is 0.102. The number of halogens is 2. The SMILES string of the molecule is O=C(Nc1ccc(CN2CCCC2)cc1)c1cc(Cl)ccc1Cl. The van der Waals surface area contributed by atoms with E-state index in [2.05, 4.69) is 10.2 Å². The van der Waals surface area contributed by atoms with Gasteiger partial charge in [0.1, 0.15) is 0 Å². The van der Waals surface area contributed by atoms with Gasteiger partial charge in [0.05, 0.1) is 10.6 Å². The summed E-state index contributed by atoms with van der Waals surface area (Å²) in [6.07, 6.45) is 2.57. The van der Waals surface area contributed by atoms with Crippen molar-refractivity contribution in [3.05, 3.63) is 63.6 Å². The smallest absolute Gasteiger partial charge is 0.257 e. The Morgan fingerprint density at radius 2 is 1.74 bits per heavy atom. The number of carbonyl (C=O) groups excluding carboxylic acids is 1. The van der Waals surface area contributed by atoms with Crippen molar-refractivity contribution in [1.29, 1.82) is 0 Å². The first kappa shape index (κ1) is 16.3. The maximum Gasteiger partial charge on any atom is 0.257 e. The average molecular weight is 349 g/mol. The van der Waals surface area contributed by atoms with Crippen LogP contribution in [0, 0.1) is 0 Å². The first-order chi connectivity index (χ1) is 11.1. The zero-order valence-corrected chi connectivity index (χ0v) is 14.2. The summed E-state index contributed by atoms with van der Waals surface area (Å²) in [6, 6.07) is 12.8. The number of nitrogens with zero attached hydrogens (tertiary/aromatic N) is 1. The average Bonchev–Trinajstić information content (AvgIpc) is 3.04. The maximum absolute atomic E-state index is 12.3. The highest BCUT2D eigenvalue weighted by Crippen LogP contribution is 2.22. The van der Waals surface area contributed by atoms with E-state index in [1.165, 1.54) is 31.5 Å². The topological polar surface area (TPSA) is 32.3 Å². The second kappa shape index (κ2) is 7.35. The summed E-state index contributed by atoms with van der Waals surface area (Å²) in [5.41, 5.74) is 2.38. The standard InChI is InChI=1S/C18H18Cl2N2O/c19-14-5-8-17(20)16(11-14)18(23)21-15-6-3-13(4-7-15)12-22-9-1-2-10-22/h3-8,11H,1-2,9-10,12H2,(H,21,23). The molecule has 0 aliphatic carbocycles. The van der Waals surface area contributed by atoms with Crippen LogP contribution in [-0.4, -0.2) is 23.9 Å². The van der Waals surface area contributed by atoms with Crippen molar-refractivity contribution < 1.29 is 4.79 Å². The van der Waals surface area contributed by atoms with Crippen molar-refractivity contribution in [3.63, 3.8) is 0 Å². The zero-order chi connectivity index (χ0) is 16.2. The number of carbonyl (C=O) groups is 1. The van der Waals surface area contributed by atoms with Gasteiger partial charge in [0, 0.05) is 17.3 Å². The molecule has 0 radical (unpaired) electrons. The molecule has 0 saturated carbocycles. The minimum atomic E-state index is -0.259. The van der Waals surface area contributed by atoms with E-state index in [0.717, 1.165) is 12.2 Å². The molecule has 23 heavy (non-hydrogen) atoms. The van der Waals surface area contributed by atoms with E-state index in [-0.39, 0.29) is 5.91 Å². The Bertz CT molecular complexity index is 695. The minimum Gasteiger partial charge on any atom is -0.322 e. The number of anilines is 1. The second-order valence-corrected chi connectivity index (χ2v) is 6.60. The zero-order valence-electron chi connectivity index (χ0n) is 12.7. The monoisotopic (exact) mass is 348 g/mol. The van der Waals surface area contributed by atoms with Crippen molar-refractivity contribution in [3.8, 4) is 0 Å². The molecule has 1 aliphatic rings. The largest absolute Gasteiger partial charge is 0.322 e. The van der Waals surface area contributed by atoms with Crippen LogP contribution >= 0.6 is 23.2 Å². The second-order valence-electron chi connectivity index (χ2n) is 5.76. The summed E-state index contributed by atoms with van der Waals surface area (Å²) in [7, 11) is 0. The maximum atomic E-state index is 12.3. The Morgan fingerprint density at radius 3 is 2.43 bits per heavy atom. The third-order valence-electron chi connectivity index (χ3n) is 3.99. The van der Waals surface area contributed by atoms with E-state index in [9.17, 15) is 4.79 Å². The van der Waals surface area contributed by atoms with Gasteiger partial charge in [-0.1, -0.05) is 35.3 Å². The summed E-state index contributed by atoms with van der Waals surface area (Å²) >= 11 is 12.0. The third-order valence-corrected chi connectivity index (χ3v) is 4.55. The summed E-state index contributed by atoms with van der Waals surface area (Å²) in [5, 5.41) is 3.72. The lowest BCUT2D eigenvalue weighted by Gasteiger charge is -2.15. The van der Waals surface area contributed by atoms with Gasteiger partial charge in [0.25, 0.3) is 5.91 Å². The highest BCUT2D eigenvalue weighted by atomic mass is 35.5. The Morgan fingerprint density at radius 1 is 1.04 bits per heavy atom. The van der Waals surface area contributed by atoms with Crippen LogP contribution in [0.2, 0.25) is 10.0 Å². The molecular weight excluding hydrogens is 331 g/mol. The molecule has 2 aromatic carbocycles. The van der Waals surface area contributed by atoms with Gasteiger partial charge < -0.3 is 5.32 Å². The fourth-order valence-corrected chi connectivity index (χ4v) is 3.14. The van der Waals surface area contributed by atoms with Gasteiger partial charge in [-0.25, -0.2) is 0 Å². The molecule has 2 aromatic rings. The number of nitrogens with one attached hydrogen (secondary N) is 1. The Labute approximate surface area is 146 Å². The molecule has 0 atom stereocenters. The molecule has 0 aromatic heterocycles. The molecule has 0 unspecified atom stereocenters. The highest BCUT2D eigenvalue weighted by molar-refractivity contribution is 6.36. The molecule has 1 N–H and O–H groups in total. The number of hydrogen-bond donors (Lipinski definition) is 1. The molecule has 1 heterocycles. The van der Waals surface area contributed by atoms with Crippen molar-refractivity contribution >= 4 is 34.8 Å². The highest BCUT2D eigenvalue weighted by Gasteiger charge is 2.13. The summed E-state index contributed by atoms with van der Waals surface area (Å²) in [6.45, 7) is 3.31. The molecule has 0 spiro atoms. The fraction of sp³-hybridized carbons (Fsp3) is 0.278. The quantitative estimate of drug-likeness (QED) is 0.857. The van der Waals surface area contributed by atoms with Crippen LogP contribution in [-0.2, 0) is 6.54 Å². The van der Waals surface area contributed by atoms with Crippen LogP contribution in [0.25, 0.3) is 0 Å². The number of likely N-dealkylation sites (tertiary alicyclic amines) is 1. The van der Waals surface area contributed by atoms with E-state index in [1.807, 2.05) is 24.3 Å². The molecule has 1 fully saturated rings. The predicted molar refractivity (Wildman–Crippen MR) is 95.4 cm³/mol. The molecule has 120 valence electrons. The van der Waals surface area contributed by atoms with Gasteiger partial charge in [-0.2, -0.15) is 0 Å². The fourth-order valence-electron chi connectivity index (χ4n) is 2.76. The number of hydrogen-bond acceptors (Lipinski definition) is 2. The third kappa shape index (κ3) is 4.25. The molecule has 3 nitrogen and oxygen atoms in total. The van der Waals surface area contributed by atoms with Gasteiger partial charge in [-0.3, -0.25) is 9.69 Å². The summed E-state index contributed by atoms with van der Waals surface area (Å²) in [5.74, 6) is -0.259. The summed E-state index contributed by atoms with van der Waals surface area (Å²) < 4.78 is 0. The molecule has 5 heteroatoms.